The van der Waals surface area contributed by atoms with Crippen molar-refractivity contribution in [1.82, 2.24) is 4.90 Å². The Morgan fingerprint density at radius 1 is 1.45 bits per heavy atom. The van der Waals surface area contributed by atoms with E-state index in [9.17, 15) is 19.7 Å². The number of carbonyl (C=O) groups excluding carboxylic acids is 2. The van der Waals surface area contributed by atoms with Gasteiger partial charge in [-0.1, -0.05) is 0 Å². The van der Waals surface area contributed by atoms with Crippen molar-refractivity contribution in [2.75, 3.05) is 11.9 Å². The molecular weight excluding hydrogens is 262 g/mol. The zero-order valence-corrected chi connectivity index (χ0v) is 11.3. The molecule has 1 fully saturated rings. The second-order valence-electron chi connectivity index (χ2n) is 4.64. The number of imide groups is 1. The molecule has 1 aromatic carbocycles. The van der Waals surface area contributed by atoms with Gasteiger partial charge in [0.1, 0.15) is 6.04 Å². The van der Waals surface area contributed by atoms with Crippen LogP contribution in [0.15, 0.2) is 18.2 Å². The Morgan fingerprint density at radius 2 is 2.15 bits per heavy atom. The third kappa shape index (κ3) is 2.47. The van der Waals surface area contributed by atoms with Crippen molar-refractivity contribution in [3.05, 3.63) is 33.9 Å². The Kier molecular flexibility index (Phi) is 3.69. The number of rotatable bonds is 4. The predicted molar refractivity (Wildman–Crippen MR) is 72.3 cm³/mol. The van der Waals surface area contributed by atoms with Gasteiger partial charge >= 0.3 is 0 Å². The Bertz CT molecular complexity index is 585. The third-order valence-electron chi connectivity index (χ3n) is 3.29. The first-order valence-electron chi connectivity index (χ1n) is 6.29. The van der Waals surface area contributed by atoms with E-state index in [0.717, 1.165) is 0 Å². The van der Waals surface area contributed by atoms with E-state index < -0.39 is 11.0 Å². The van der Waals surface area contributed by atoms with Gasteiger partial charge in [0.15, 0.2) is 0 Å². The molecule has 0 saturated carbocycles. The molecule has 1 saturated heterocycles. The van der Waals surface area contributed by atoms with Crippen LogP contribution in [0.1, 0.15) is 18.9 Å². The summed E-state index contributed by atoms with van der Waals surface area (Å²) in [6, 6.07) is 3.93. The normalized spacial score (nSPS) is 18.5. The van der Waals surface area contributed by atoms with Gasteiger partial charge in [0.2, 0.25) is 5.91 Å². The van der Waals surface area contributed by atoms with E-state index in [1.54, 1.807) is 19.9 Å². The number of nitrogens with zero attached hydrogens (tertiary/aromatic N) is 2. The molecule has 20 heavy (non-hydrogen) atoms. The number of aryl methyl sites for hydroxylation is 1. The molecule has 1 aliphatic rings. The number of carbonyl (C=O) groups is 2. The van der Waals surface area contributed by atoms with E-state index in [1.807, 2.05) is 0 Å². The molecule has 2 rings (SSSR count). The Labute approximate surface area is 115 Å². The number of nitro groups is 1. The molecule has 1 aliphatic heterocycles. The zero-order chi connectivity index (χ0) is 14.9. The highest BCUT2D eigenvalue weighted by Crippen LogP contribution is 2.24. The number of likely N-dealkylation sites (N-methyl/N-ethyl adjacent to an activating group) is 1. The number of nitrogens with one attached hydrogen (secondary N) is 1. The highest BCUT2D eigenvalue weighted by Gasteiger charge is 2.37. The van der Waals surface area contributed by atoms with Crippen LogP contribution in [0.2, 0.25) is 0 Å². The number of amides is 2. The third-order valence-corrected chi connectivity index (χ3v) is 3.29. The molecule has 7 nitrogen and oxygen atoms in total. The summed E-state index contributed by atoms with van der Waals surface area (Å²) in [7, 11) is 0. The number of anilines is 1. The first-order chi connectivity index (χ1) is 9.43. The van der Waals surface area contributed by atoms with Crippen LogP contribution in [0.5, 0.6) is 0 Å². The summed E-state index contributed by atoms with van der Waals surface area (Å²) in [4.78, 5) is 35.0. The molecule has 1 heterocycles. The first-order valence-corrected chi connectivity index (χ1v) is 6.29. The van der Waals surface area contributed by atoms with Gasteiger partial charge in [-0.3, -0.25) is 24.6 Å². The molecule has 1 aromatic rings. The maximum atomic E-state index is 11.9. The SMILES string of the molecule is CCN1C(=O)CC(Nc2ccc([N+](=O)[O-])c(C)c2)C1=O. The molecular formula is C13H15N3O4. The molecule has 0 radical (unpaired) electrons. The van der Waals surface area contributed by atoms with Crippen molar-refractivity contribution in [1.29, 1.82) is 0 Å². The standard InChI is InChI=1S/C13H15N3O4/c1-3-15-12(17)7-10(13(15)18)14-9-4-5-11(16(19)20)8(2)6-9/h4-6,10,14H,3,7H2,1-2H3. The predicted octanol–water partition coefficient (Wildman–Crippen LogP) is 1.46. The van der Waals surface area contributed by atoms with Crippen LogP contribution >= 0.6 is 0 Å². The van der Waals surface area contributed by atoms with Gasteiger partial charge in [-0.25, -0.2) is 0 Å². The van der Waals surface area contributed by atoms with Gasteiger partial charge in [-0.2, -0.15) is 0 Å². The van der Waals surface area contributed by atoms with Crippen molar-refractivity contribution in [3.8, 4) is 0 Å². The van der Waals surface area contributed by atoms with Gasteiger partial charge in [0, 0.05) is 23.9 Å². The molecule has 1 unspecified atom stereocenters. The number of likely N-dealkylation sites (tertiary alicyclic amines) is 1. The van der Waals surface area contributed by atoms with Gasteiger partial charge < -0.3 is 5.32 Å². The lowest BCUT2D eigenvalue weighted by atomic mass is 10.1. The molecule has 0 aromatic heterocycles. The average Bonchev–Trinajstić information content (AvgIpc) is 2.63. The fourth-order valence-electron chi connectivity index (χ4n) is 2.28. The number of benzene rings is 1. The highest BCUT2D eigenvalue weighted by molar-refractivity contribution is 6.06. The van der Waals surface area contributed by atoms with Gasteiger partial charge in [0.25, 0.3) is 11.6 Å². The van der Waals surface area contributed by atoms with E-state index in [2.05, 4.69) is 5.32 Å². The van der Waals surface area contributed by atoms with E-state index in [1.165, 1.54) is 17.0 Å². The fourth-order valence-corrected chi connectivity index (χ4v) is 2.28. The first kappa shape index (κ1) is 14.0. The highest BCUT2D eigenvalue weighted by atomic mass is 16.6. The van der Waals surface area contributed by atoms with Gasteiger partial charge in [0.05, 0.1) is 11.3 Å². The molecule has 0 aliphatic carbocycles. The maximum absolute atomic E-state index is 11.9. The summed E-state index contributed by atoms with van der Waals surface area (Å²) in [6.07, 6.45) is 0.114. The summed E-state index contributed by atoms with van der Waals surface area (Å²) >= 11 is 0. The van der Waals surface area contributed by atoms with Gasteiger partial charge in [-0.15, -0.1) is 0 Å². The van der Waals surface area contributed by atoms with Crippen LogP contribution in [-0.4, -0.2) is 34.2 Å². The van der Waals surface area contributed by atoms with Crippen LogP contribution in [0, 0.1) is 17.0 Å². The summed E-state index contributed by atoms with van der Waals surface area (Å²) in [5.74, 6) is -0.456. The lowest BCUT2D eigenvalue weighted by Gasteiger charge is -2.14. The largest absolute Gasteiger partial charge is 0.373 e. The average molecular weight is 277 g/mol. The van der Waals surface area contributed by atoms with Crippen molar-refractivity contribution in [2.45, 2.75) is 26.3 Å². The van der Waals surface area contributed by atoms with Crippen molar-refractivity contribution < 1.29 is 14.5 Å². The minimum Gasteiger partial charge on any atom is -0.373 e. The Hall–Kier alpha value is -2.44. The second-order valence-corrected chi connectivity index (χ2v) is 4.64. The monoisotopic (exact) mass is 277 g/mol. The van der Waals surface area contributed by atoms with E-state index in [0.29, 0.717) is 17.8 Å². The fraction of sp³-hybridized carbons (Fsp3) is 0.385. The van der Waals surface area contributed by atoms with Crippen LogP contribution in [0.25, 0.3) is 0 Å². The van der Waals surface area contributed by atoms with Crippen LogP contribution in [0.4, 0.5) is 11.4 Å². The quantitative estimate of drug-likeness (QED) is 0.511. The molecule has 2 amide bonds. The van der Waals surface area contributed by atoms with Crippen LogP contribution in [0.3, 0.4) is 0 Å². The van der Waals surface area contributed by atoms with Crippen molar-refractivity contribution in [2.24, 2.45) is 0 Å². The number of nitro benzene ring substituents is 1. The summed E-state index contributed by atoms with van der Waals surface area (Å²) in [6.45, 7) is 3.73. The van der Waals surface area contributed by atoms with Gasteiger partial charge in [-0.05, 0) is 26.0 Å². The van der Waals surface area contributed by atoms with E-state index in [-0.39, 0.29) is 23.9 Å². The smallest absolute Gasteiger partial charge is 0.272 e. The summed E-state index contributed by atoms with van der Waals surface area (Å²) in [5.41, 5.74) is 1.13. The number of hydrogen-bond acceptors (Lipinski definition) is 5. The second kappa shape index (κ2) is 5.28. The number of hydrogen-bond donors (Lipinski definition) is 1. The molecule has 0 spiro atoms. The van der Waals surface area contributed by atoms with Crippen molar-refractivity contribution in [3.63, 3.8) is 0 Å². The molecule has 1 N–H and O–H groups in total. The van der Waals surface area contributed by atoms with Crippen molar-refractivity contribution >= 4 is 23.2 Å². The Balaban J connectivity index is 2.15. The lowest BCUT2D eigenvalue weighted by Crippen LogP contribution is -2.34. The maximum Gasteiger partial charge on any atom is 0.272 e. The zero-order valence-electron chi connectivity index (χ0n) is 11.3. The summed E-state index contributed by atoms with van der Waals surface area (Å²) < 4.78 is 0. The molecule has 0 bridgehead atoms. The lowest BCUT2D eigenvalue weighted by molar-refractivity contribution is -0.385. The molecule has 7 heteroatoms. The van der Waals surface area contributed by atoms with E-state index in [4.69, 9.17) is 0 Å². The van der Waals surface area contributed by atoms with Crippen LogP contribution < -0.4 is 5.32 Å². The Morgan fingerprint density at radius 3 is 2.65 bits per heavy atom. The topological polar surface area (TPSA) is 92.6 Å². The minimum absolute atomic E-state index is 0.0274. The molecule has 106 valence electrons. The molecule has 1 atom stereocenters. The minimum atomic E-state index is -0.594. The van der Waals surface area contributed by atoms with E-state index >= 15 is 0 Å². The summed E-state index contributed by atoms with van der Waals surface area (Å²) in [5, 5.41) is 13.7. The van der Waals surface area contributed by atoms with Crippen LogP contribution in [-0.2, 0) is 9.59 Å².